The highest BCUT2D eigenvalue weighted by molar-refractivity contribution is 5.89. The van der Waals surface area contributed by atoms with Crippen LogP contribution < -0.4 is 20.1 Å². The van der Waals surface area contributed by atoms with Crippen LogP contribution in [0.5, 0.6) is 17.4 Å². The first-order valence-electron chi connectivity index (χ1n) is 8.79. The average Bonchev–Trinajstić information content (AvgIpc) is 2.71. The van der Waals surface area contributed by atoms with Crippen LogP contribution in [0.25, 0.3) is 0 Å². The van der Waals surface area contributed by atoms with Crippen LogP contribution in [0.3, 0.4) is 0 Å². The fourth-order valence-corrected chi connectivity index (χ4v) is 2.41. The van der Waals surface area contributed by atoms with Crippen molar-refractivity contribution in [2.75, 3.05) is 11.9 Å². The molecule has 7 heteroatoms. The number of anilines is 1. The summed E-state index contributed by atoms with van der Waals surface area (Å²) in [4.78, 5) is 16.1. The van der Waals surface area contributed by atoms with Crippen molar-refractivity contribution in [1.29, 1.82) is 0 Å². The first-order valence-corrected chi connectivity index (χ1v) is 8.79. The van der Waals surface area contributed by atoms with Gasteiger partial charge in [0, 0.05) is 18.8 Å². The number of pyridine rings is 1. The summed E-state index contributed by atoms with van der Waals surface area (Å²) in [6.07, 6.45) is 1.60. The largest absolute Gasteiger partial charge is 0.490 e. The minimum absolute atomic E-state index is 0.120. The van der Waals surface area contributed by atoms with Gasteiger partial charge in [-0.25, -0.2) is 14.2 Å². The summed E-state index contributed by atoms with van der Waals surface area (Å²) in [7, 11) is 0. The first kappa shape index (κ1) is 19.2. The van der Waals surface area contributed by atoms with Crippen molar-refractivity contribution in [1.82, 2.24) is 10.3 Å². The van der Waals surface area contributed by atoms with E-state index in [1.54, 1.807) is 36.5 Å². The number of rotatable bonds is 7. The minimum atomic E-state index is -0.504. The molecule has 6 nitrogen and oxygen atoms in total. The molecular weight excluding hydrogens is 361 g/mol. The van der Waals surface area contributed by atoms with Crippen molar-refractivity contribution in [2.45, 2.75) is 13.5 Å². The molecule has 1 heterocycles. The van der Waals surface area contributed by atoms with E-state index in [4.69, 9.17) is 9.47 Å². The molecule has 3 rings (SSSR count). The van der Waals surface area contributed by atoms with Gasteiger partial charge in [-0.3, -0.25) is 0 Å². The summed E-state index contributed by atoms with van der Waals surface area (Å²) in [5.74, 6) is 1.13. The van der Waals surface area contributed by atoms with Gasteiger partial charge in [-0.05, 0) is 36.8 Å². The Labute approximate surface area is 162 Å². The maximum Gasteiger partial charge on any atom is 0.319 e. The number of para-hydroxylation sites is 3. The zero-order valence-corrected chi connectivity index (χ0v) is 15.3. The topological polar surface area (TPSA) is 72.5 Å². The lowest BCUT2D eigenvalue weighted by molar-refractivity contribution is 0.251. The summed E-state index contributed by atoms with van der Waals surface area (Å²) in [6, 6.07) is 16.3. The van der Waals surface area contributed by atoms with Gasteiger partial charge < -0.3 is 20.1 Å². The second-order valence-electron chi connectivity index (χ2n) is 5.77. The fraction of sp³-hybridized carbons (Fsp3) is 0.143. The Morgan fingerprint density at radius 2 is 1.79 bits per heavy atom. The Kier molecular flexibility index (Phi) is 6.41. The lowest BCUT2D eigenvalue weighted by atomic mass is 10.3. The number of urea groups is 1. The van der Waals surface area contributed by atoms with E-state index >= 15 is 0 Å². The van der Waals surface area contributed by atoms with Crippen LogP contribution in [0.4, 0.5) is 14.9 Å². The Hall–Kier alpha value is -3.61. The quantitative estimate of drug-likeness (QED) is 0.620. The third-order valence-electron chi connectivity index (χ3n) is 3.74. The molecule has 0 saturated carbocycles. The van der Waals surface area contributed by atoms with Crippen LogP contribution in [0.1, 0.15) is 12.5 Å². The number of aromatic nitrogens is 1. The molecule has 1 aromatic heterocycles. The van der Waals surface area contributed by atoms with Gasteiger partial charge >= 0.3 is 6.03 Å². The van der Waals surface area contributed by atoms with Crippen LogP contribution in [0.15, 0.2) is 66.9 Å². The Balaban J connectivity index is 1.55. The fourth-order valence-electron chi connectivity index (χ4n) is 2.41. The summed E-state index contributed by atoms with van der Waals surface area (Å²) in [5.41, 5.74) is 0.893. The highest BCUT2D eigenvalue weighted by atomic mass is 19.1. The zero-order valence-electron chi connectivity index (χ0n) is 15.3. The van der Waals surface area contributed by atoms with Crippen LogP contribution in [0, 0.1) is 5.82 Å². The number of nitrogens with one attached hydrogen (secondary N) is 2. The molecule has 0 aliphatic rings. The van der Waals surface area contributed by atoms with Crippen LogP contribution in [0.2, 0.25) is 0 Å². The van der Waals surface area contributed by atoms with Crippen molar-refractivity contribution < 1.29 is 18.7 Å². The molecule has 2 N–H and O–H groups in total. The number of nitrogens with zero attached hydrogens (tertiary/aromatic N) is 1. The average molecular weight is 381 g/mol. The van der Waals surface area contributed by atoms with Crippen molar-refractivity contribution in [3.63, 3.8) is 0 Å². The van der Waals surface area contributed by atoms with Gasteiger partial charge in [0.05, 0.1) is 12.3 Å². The lowest BCUT2D eigenvalue weighted by Gasteiger charge is -2.11. The highest BCUT2D eigenvalue weighted by Gasteiger charge is 2.08. The Morgan fingerprint density at radius 1 is 1.04 bits per heavy atom. The second kappa shape index (κ2) is 9.36. The normalized spacial score (nSPS) is 10.2. The van der Waals surface area contributed by atoms with Crippen molar-refractivity contribution >= 4 is 11.7 Å². The monoisotopic (exact) mass is 381 g/mol. The number of hydrogen-bond acceptors (Lipinski definition) is 4. The number of amides is 2. The molecule has 0 unspecified atom stereocenters. The van der Waals surface area contributed by atoms with Crippen LogP contribution in [-0.2, 0) is 6.54 Å². The minimum Gasteiger partial charge on any atom is -0.490 e. The predicted molar refractivity (Wildman–Crippen MR) is 104 cm³/mol. The molecule has 0 aliphatic heterocycles. The number of carbonyl (C=O) groups excluding carboxylic acids is 1. The molecule has 0 radical (unpaired) electrons. The smallest absolute Gasteiger partial charge is 0.319 e. The molecule has 28 heavy (non-hydrogen) atoms. The Bertz CT molecular complexity index is 932. The van der Waals surface area contributed by atoms with Crippen molar-refractivity contribution in [2.24, 2.45) is 0 Å². The van der Waals surface area contributed by atoms with E-state index in [2.05, 4.69) is 15.6 Å². The molecule has 0 fully saturated rings. The van der Waals surface area contributed by atoms with E-state index in [0.29, 0.717) is 24.0 Å². The second-order valence-corrected chi connectivity index (χ2v) is 5.77. The molecule has 3 aromatic rings. The molecule has 2 amide bonds. The van der Waals surface area contributed by atoms with Gasteiger partial charge in [-0.1, -0.05) is 30.3 Å². The third kappa shape index (κ3) is 5.20. The third-order valence-corrected chi connectivity index (χ3v) is 3.74. The van der Waals surface area contributed by atoms with Gasteiger partial charge in [0.25, 0.3) is 0 Å². The SMILES string of the molecule is CCOc1ccccc1Oc1ccc(CNC(=O)Nc2ccccc2F)cn1. The van der Waals surface area contributed by atoms with E-state index in [9.17, 15) is 9.18 Å². The first-order chi connectivity index (χ1) is 13.7. The summed E-state index contributed by atoms with van der Waals surface area (Å²) >= 11 is 0. The summed E-state index contributed by atoms with van der Waals surface area (Å²) in [5, 5.41) is 5.11. The van der Waals surface area contributed by atoms with E-state index < -0.39 is 11.8 Å². The molecule has 144 valence electrons. The van der Waals surface area contributed by atoms with E-state index in [-0.39, 0.29) is 12.2 Å². The molecule has 0 atom stereocenters. The lowest BCUT2D eigenvalue weighted by Crippen LogP contribution is -2.28. The van der Waals surface area contributed by atoms with E-state index in [1.807, 2.05) is 25.1 Å². The summed E-state index contributed by atoms with van der Waals surface area (Å²) in [6.45, 7) is 2.68. The number of benzene rings is 2. The highest BCUT2D eigenvalue weighted by Crippen LogP contribution is 2.30. The van der Waals surface area contributed by atoms with E-state index in [1.165, 1.54) is 12.1 Å². The maximum absolute atomic E-state index is 13.5. The predicted octanol–water partition coefficient (Wildman–Crippen LogP) is 4.73. The zero-order chi connectivity index (χ0) is 19.8. The number of hydrogen-bond donors (Lipinski definition) is 2. The molecule has 0 spiro atoms. The summed E-state index contributed by atoms with van der Waals surface area (Å²) < 4.78 is 24.8. The number of halogens is 1. The van der Waals surface area contributed by atoms with E-state index in [0.717, 1.165) is 5.56 Å². The number of ether oxygens (including phenoxy) is 2. The van der Waals surface area contributed by atoms with Gasteiger partial charge in [0.1, 0.15) is 5.82 Å². The molecule has 0 bridgehead atoms. The van der Waals surface area contributed by atoms with Crippen LogP contribution in [-0.4, -0.2) is 17.6 Å². The van der Waals surface area contributed by atoms with Gasteiger partial charge in [0.15, 0.2) is 11.5 Å². The molecule has 0 aliphatic carbocycles. The van der Waals surface area contributed by atoms with Gasteiger partial charge in [0.2, 0.25) is 5.88 Å². The van der Waals surface area contributed by atoms with Crippen molar-refractivity contribution in [3.05, 3.63) is 78.2 Å². The standard InChI is InChI=1S/C21H20FN3O3/c1-2-27-18-9-5-6-10-19(18)28-20-12-11-15(13-23-20)14-24-21(26)25-17-8-4-3-7-16(17)22/h3-13H,2,14H2,1H3,(H2,24,25,26). The molecule has 2 aromatic carbocycles. The van der Waals surface area contributed by atoms with Crippen molar-refractivity contribution in [3.8, 4) is 17.4 Å². The van der Waals surface area contributed by atoms with Gasteiger partial charge in [-0.2, -0.15) is 0 Å². The van der Waals surface area contributed by atoms with Crippen LogP contribution >= 0.6 is 0 Å². The molecular formula is C21H20FN3O3. The Morgan fingerprint density at radius 3 is 2.50 bits per heavy atom. The van der Waals surface area contributed by atoms with Gasteiger partial charge in [-0.15, -0.1) is 0 Å². The maximum atomic E-state index is 13.5. The molecule has 0 saturated heterocycles. The number of carbonyl (C=O) groups is 1.